The van der Waals surface area contributed by atoms with Crippen molar-refractivity contribution < 1.29 is 19.1 Å². The third kappa shape index (κ3) is 8.25. The molecule has 35 heavy (non-hydrogen) atoms. The fourth-order valence-electron chi connectivity index (χ4n) is 4.13. The van der Waals surface area contributed by atoms with Gasteiger partial charge < -0.3 is 20.3 Å². The molecule has 7 heteroatoms. The van der Waals surface area contributed by atoms with E-state index in [4.69, 9.17) is 4.74 Å². The first-order valence-electron chi connectivity index (χ1n) is 13.1. The Labute approximate surface area is 211 Å². The summed E-state index contributed by atoms with van der Waals surface area (Å²) in [7, 11) is 0. The molecule has 0 heterocycles. The van der Waals surface area contributed by atoms with Gasteiger partial charge in [0, 0.05) is 12.6 Å². The number of nitrogens with zero attached hydrogens (tertiary/aromatic N) is 1. The van der Waals surface area contributed by atoms with Crippen LogP contribution in [0.1, 0.15) is 97.2 Å². The Bertz CT molecular complexity index is 843. The fourth-order valence-corrected chi connectivity index (χ4v) is 4.13. The predicted molar refractivity (Wildman–Crippen MR) is 139 cm³/mol. The minimum atomic E-state index is -0.785. The number of carbonyl (C=O) groups excluding carboxylic acids is 3. The van der Waals surface area contributed by atoms with Crippen LogP contribution in [0.15, 0.2) is 24.3 Å². The van der Waals surface area contributed by atoms with Crippen LogP contribution in [-0.4, -0.2) is 47.0 Å². The highest BCUT2D eigenvalue weighted by Gasteiger charge is 2.43. The second-order valence-electron chi connectivity index (χ2n) is 10.8. The maximum Gasteiger partial charge on any atom is 0.408 e. The quantitative estimate of drug-likeness (QED) is 0.416. The first-order chi connectivity index (χ1) is 16.5. The Balaban J connectivity index is 2.45. The van der Waals surface area contributed by atoms with E-state index < -0.39 is 23.8 Å². The number of carbonyl (C=O) groups is 3. The molecule has 0 radical (unpaired) electrons. The number of unbranched alkanes of at least 4 members (excludes halogenated alkanes) is 1. The predicted octanol–water partition coefficient (Wildman–Crippen LogP) is 5.27. The molecule has 0 aliphatic heterocycles. The lowest BCUT2D eigenvalue weighted by molar-refractivity contribution is -0.148. The molecule has 1 aromatic rings. The zero-order chi connectivity index (χ0) is 26.2. The standard InChI is InChI=1S/C28H45N3O4/c1-8-10-18-29-25(32)24(21-16-14-19(3)15-17-21)31(22-12-11-13-22)26(33)23(20(4)9-2)30-27(34)35-28(5,6)7/h14-17,20,22-24H,8-13,18H2,1-7H3,(H,29,32)(H,30,34). The van der Waals surface area contributed by atoms with Crippen molar-refractivity contribution >= 4 is 17.9 Å². The van der Waals surface area contributed by atoms with Crippen LogP contribution in [0.25, 0.3) is 0 Å². The van der Waals surface area contributed by atoms with Gasteiger partial charge in [0.15, 0.2) is 0 Å². The lowest BCUT2D eigenvalue weighted by atomic mass is 9.86. The Morgan fingerprint density at radius 2 is 1.74 bits per heavy atom. The van der Waals surface area contributed by atoms with E-state index in [9.17, 15) is 14.4 Å². The van der Waals surface area contributed by atoms with E-state index in [2.05, 4.69) is 17.6 Å². The molecule has 1 aromatic carbocycles. The molecule has 3 atom stereocenters. The summed E-state index contributed by atoms with van der Waals surface area (Å²) in [6.07, 6.45) is 4.62. The third-order valence-electron chi connectivity index (χ3n) is 6.62. The zero-order valence-electron chi connectivity index (χ0n) is 22.6. The average molecular weight is 488 g/mol. The van der Waals surface area contributed by atoms with Gasteiger partial charge in [0.05, 0.1) is 0 Å². The molecular weight excluding hydrogens is 442 g/mol. The van der Waals surface area contributed by atoms with E-state index in [1.807, 2.05) is 45.0 Å². The smallest absolute Gasteiger partial charge is 0.408 e. The Morgan fingerprint density at radius 1 is 1.11 bits per heavy atom. The van der Waals surface area contributed by atoms with Gasteiger partial charge in [-0.3, -0.25) is 9.59 Å². The number of alkyl carbamates (subject to hydrolysis) is 1. The SMILES string of the molecule is CCCCNC(=O)C(c1ccc(C)cc1)N(C(=O)C(NC(=O)OC(C)(C)C)C(C)CC)C1CCC1. The summed E-state index contributed by atoms with van der Waals surface area (Å²) in [6.45, 7) is 14.0. The van der Waals surface area contributed by atoms with Gasteiger partial charge in [0.25, 0.3) is 0 Å². The molecule has 0 bridgehead atoms. The molecule has 2 N–H and O–H groups in total. The maximum absolute atomic E-state index is 14.2. The summed E-state index contributed by atoms with van der Waals surface area (Å²) >= 11 is 0. The highest BCUT2D eigenvalue weighted by Crippen LogP contribution is 2.34. The van der Waals surface area contributed by atoms with Gasteiger partial charge in [-0.05, 0) is 64.9 Å². The Hall–Kier alpha value is -2.57. The first kappa shape index (κ1) is 28.7. The summed E-state index contributed by atoms with van der Waals surface area (Å²) in [5, 5.41) is 5.87. The fraction of sp³-hybridized carbons (Fsp3) is 0.679. The van der Waals surface area contributed by atoms with Crippen molar-refractivity contribution in [3.63, 3.8) is 0 Å². The van der Waals surface area contributed by atoms with E-state index in [1.165, 1.54) is 0 Å². The van der Waals surface area contributed by atoms with Gasteiger partial charge >= 0.3 is 6.09 Å². The minimum Gasteiger partial charge on any atom is -0.444 e. The molecule has 3 unspecified atom stereocenters. The number of hydrogen-bond acceptors (Lipinski definition) is 4. The largest absolute Gasteiger partial charge is 0.444 e. The summed E-state index contributed by atoms with van der Waals surface area (Å²) in [5.41, 5.74) is 1.19. The van der Waals surface area contributed by atoms with Crippen molar-refractivity contribution in [1.29, 1.82) is 0 Å². The number of nitrogens with one attached hydrogen (secondary N) is 2. The maximum atomic E-state index is 14.2. The van der Waals surface area contributed by atoms with Crippen molar-refractivity contribution in [1.82, 2.24) is 15.5 Å². The zero-order valence-corrected chi connectivity index (χ0v) is 22.6. The first-order valence-corrected chi connectivity index (χ1v) is 13.1. The lowest BCUT2D eigenvalue weighted by Crippen LogP contribution is -2.59. The number of amides is 3. The number of ether oxygens (including phenoxy) is 1. The summed E-state index contributed by atoms with van der Waals surface area (Å²) in [6, 6.07) is 6.21. The topological polar surface area (TPSA) is 87.7 Å². The molecule has 196 valence electrons. The van der Waals surface area contributed by atoms with Crippen LogP contribution in [0, 0.1) is 12.8 Å². The number of rotatable bonds is 11. The van der Waals surface area contributed by atoms with Gasteiger partial charge in [0.1, 0.15) is 17.7 Å². The number of benzene rings is 1. The van der Waals surface area contributed by atoms with Crippen LogP contribution in [0.5, 0.6) is 0 Å². The van der Waals surface area contributed by atoms with Gasteiger partial charge in [-0.2, -0.15) is 0 Å². The molecule has 7 nitrogen and oxygen atoms in total. The van der Waals surface area contributed by atoms with E-state index >= 15 is 0 Å². The van der Waals surface area contributed by atoms with Gasteiger partial charge in [-0.15, -0.1) is 0 Å². The average Bonchev–Trinajstić information content (AvgIpc) is 2.75. The van der Waals surface area contributed by atoms with Crippen LogP contribution < -0.4 is 10.6 Å². The number of hydrogen-bond donors (Lipinski definition) is 2. The molecule has 1 aliphatic rings. The van der Waals surface area contributed by atoms with Gasteiger partial charge in [-0.1, -0.05) is 63.4 Å². The minimum absolute atomic E-state index is 0.0438. The summed E-state index contributed by atoms with van der Waals surface area (Å²) < 4.78 is 5.46. The number of aryl methyl sites for hydroxylation is 1. The highest BCUT2D eigenvalue weighted by atomic mass is 16.6. The highest BCUT2D eigenvalue weighted by molar-refractivity contribution is 5.92. The van der Waals surface area contributed by atoms with Crippen LogP contribution >= 0.6 is 0 Å². The second kappa shape index (κ2) is 12.9. The molecule has 0 aromatic heterocycles. The molecule has 1 aliphatic carbocycles. The molecular formula is C28H45N3O4. The van der Waals surface area contributed by atoms with Crippen LogP contribution in [0.2, 0.25) is 0 Å². The Morgan fingerprint density at radius 3 is 2.23 bits per heavy atom. The van der Waals surface area contributed by atoms with Crippen molar-refractivity contribution in [2.24, 2.45) is 5.92 Å². The van der Waals surface area contributed by atoms with E-state index in [0.29, 0.717) is 13.0 Å². The van der Waals surface area contributed by atoms with Crippen molar-refractivity contribution in [3.8, 4) is 0 Å². The monoisotopic (exact) mass is 487 g/mol. The van der Waals surface area contributed by atoms with Gasteiger partial charge in [-0.25, -0.2) is 4.79 Å². The van der Waals surface area contributed by atoms with E-state index in [0.717, 1.165) is 43.2 Å². The van der Waals surface area contributed by atoms with Crippen molar-refractivity contribution in [2.45, 2.75) is 111 Å². The van der Waals surface area contributed by atoms with Crippen LogP contribution in [0.3, 0.4) is 0 Å². The summed E-state index contributed by atoms with van der Waals surface area (Å²) in [5.74, 6) is -0.534. The van der Waals surface area contributed by atoms with Crippen molar-refractivity contribution in [2.75, 3.05) is 6.54 Å². The summed E-state index contributed by atoms with van der Waals surface area (Å²) in [4.78, 5) is 42.1. The van der Waals surface area contributed by atoms with Gasteiger partial charge in [0.2, 0.25) is 11.8 Å². The Kier molecular flexibility index (Phi) is 10.6. The molecule has 1 fully saturated rings. The molecule has 2 rings (SSSR count). The third-order valence-corrected chi connectivity index (χ3v) is 6.62. The van der Waals surface area contributed by atoms with E-state index in [-0.39, 0.29) is 23.8 Å². The molecule has 0 spiro atoms. The van der Waals surface area contributed by atoms with E-state index in [1.54, 1.807) is 25.7 Å². The second-order valence-corrected chi connectivity index (χ2v) is 10.8. The normalized spacial score (nSPS) is 16.4. The lowest BCUT2D eigenvalue weighted by Gasteiger charge is -2.44. The molecule has 1 saturated carbocycles. The molecule has 3 amide bonds. The van der Waals surface area contributed by atoms with Crippen LogP contribution in [-0.2, 0) is 14.3 Å². The molecule has 0 saturated heterocycles. The van der Waals surface area contributed by atoms with Crippen molar-refractivity contribution in [3.05, 3.63) is 35.4 Å². The van der Waals surface area contributed by atoms with Crippen LogP contribution in [0.4, 0.5) is 4.79 Å².